The lowest BCUT2D eigenvalue weighted by Crippen LogP contribution is -2.24. The number of allylic oxidation sites excluding steroid dienone is 6. The van der Waals surface area contributed by atoms with E-state index in [0.29, 0.717) is 5.41 Å². The van der Waals surface area contributed by atoms with Crippen molar-refractivity contribution in [2.75, 3.05) is 0 Å². The number of hydrogen-bond donors (Lipinski definition) is 0. The van der Waals surface area contributed by atoms with Gasteiger partial charge in [-0.3, -0.25) is 0 Å². The summed E-state index contributed by atoms with van der Waals surface area (Å²) >= 11 is 0. The van der Waals surface area contributed by atoms with Crippen molar-refractivity contribution in [2.45, 2.75) is 73.1 Å². The van der Waals surface area contributed by atoms with Crippen LogP contribution in [0, 0.1) is 17.3 Å². The van der Waals surface area contributed by atoms with E-state index >= 15 is 0 Å². The van der Waals surface area contributed by atoms with E-state index in [1.165, 1.54) is 37.7 Å². The van der Waals surface area contributed by atoms with Crippen LogP contribution in [0.5, 0.6) is 0 Å². The molecule has 2 rings (SSSR count). The Balaban J connectivity index is 2.09. The van der Waals surface area contributed by atoms with Crippen molar-refractivity contribution in [3.63, 3.8) is 0 Å². The quantitative estimate of drug-likeness (QED) is 0.518. The second-order valence-corrected chi connectivity index (χ2v) is 7.66. The van der Waals surface area contributed by atoms with Crippen LogP contribution in [0.3, 0.4) is 0 Å². The molecule has 3 atom stereocenters. The van der Waals surface area contributed by atoms with Gasteiger partial charge in [-0.2, -0.15) is 0 Å². The molecule has 1 saturated carbocycles. The molecule has 0 N–H and O–H groups in total. The molecule has 0 radical (unpaired) electrons. The molecule has 0 heteroatoms. The average Bonchev–Trinajstić information content (AvgIpc) is 2.64. The van der Waals surface area contributed by atoms with Gasteiger partial charge in [-0.1, -0.05) is 41.9 Å². The van der Waals surface area contributed by atoms with E-state index in [-0.39, 0.29) is 0 Å². The predicted molar refractivity (Wildman–Crippen MR) is 89.7 cm³/mol. The van der Waals surface area contributed by atoms with Gasteiger partial charge >= 0.3 is 0 Å². The summed E-state index contributed by atoms with van der Waals surface area (Å²) in [5, 5.41) is 0. The molecule has 0 amide bonds. The van der Waals surface area contributed by atoms with Gasteiger partial charge in [0.1, 0.15) is 0 Å². The molecule has 1 unspecified atom stereocenters. The predicted octanol–water partition coefficient (Wildman–Crippen LogP) is 6.45. The zero-order valence-electron chi connectivity index (χ0n) is 14.1. The van der Waals surface area contributed by atoms with Gasteiger partial charge in [0.15, 0.2) is 0 Å². The van der Waals surface area contributed by atoms with Crippen molar-refractivity contribution in [1.82, 2.24) is 0 Å². The molecule has 0 nitrogen and oxygen atoms in total. The van der Waals surface area contributed by atoms with Crippen LogP contribution in [0.4, 0.5) is 0 Å². The molecule has 0 spiro atoms. The van der Waals surface area contributed by atoms with Gasteiger partial charge in [-0.05, 0) is 83.5 Å². The Hall–Kier alpha value is -0.780. The van der Waals surface area contributed by atoms with Crippen LogP contribution in [-0.2, 0) is 0 Å². The second kappa shape index (κ2) is 6.33. The van der Waals surface area contributed by atoms with Crippen LogP contribution in [0.1, 0.15) is 73.1 Å². The summed E-state index contributed by atoms with van der Waals surface area (Å²) in [7, 11) is 0. The first-order valence-electron chi connectivity index (χ1n) is 8.38. The molecular weight excluding hydrogens is 240 g/mol. The maximum atomic E-state index is 2.54. The molecule has 0 saturated heterocycles. The van der Waals surface area contributed by atoms with Gasteiger partial charge in [0, 0.05) is 0 Å². The van der Waals surface area contributed by atoms with Gasteiger partial charge in [0.2, 0.25) is 0 Å². The third kappa shape index (κ3) is 3.45. The number of rotatable bonds is 3. The molecule has 112 valence electrons. The minimum atomic E-state index is 0.564. The van der Waals surface area contributed by atoms with Crippen molar-refractivity contribution >= 4 is 0 Å². The summed E-state index contributed by atoms with van der Waals surface area (Å²) in [6.07, 6.45) is 15.3. The van der Waals surface area contributed by atoms with Crippen LogP contribution < -0.4 is 0 Å². The summed E-state index contributed by atoms with van der Waals surface area (Å²) in [6.45, 7) is 11.6. The summed E-state index contributed by atoms with van der Waals surface area (Å²) in [4.78, 5) is 0. The molecule has 2 aliphatic carbocycles. The standard InChI is InChI=1S/C20H32/c1-15(2)7-6-8-17(4)18-12-14-20(5)13-11-16(3)9-10-19(18)20/h7-8,11,18-19H,6,9-10,12-14H2,1-5H3/b17-8-/t18-,19?,20+/m0/s1. The maximum Gasteiger partial charge on any atom is -0.0164 e. The van der Waals surface area contributed by atoms with Gasteiger partial charge in [-0.15, -0.1) is 0 Å². The van der Waals surface area contributed by atoms with E-state index in [1.807, 2.05) is 0 Å². The maximum absolute atomic E-state index is 2.54. The minimum absolute atomic E-state index is 0.564. The van der Waals surface area contributed by atoms with Crippen molar-refractivity contribution in [3.05, 3.63) is 34.9 Å². The Labute approximate surface area is 126 Å². The zero-order chi connectivity index (χ0) is 14.8. The molecule has 0 aromatic carbocycles. The van der Waals surface area contributed by atoms with Crippen LogP contribution in [0.2, 0.25) is 0 Å². The molecule has 0 heterocycles. The smallest absolute Gasteiger partial charge is 0.0164 e. The Morgan fingerprint density at radius 3 is 2.70 bits per heavy atom. The summed E-state index contributed by atoms with van der Waals surface area (Å²) in [5.41, 5.74) is 5.26. The largest absolute Gasteiger partial charge is 0.0851 e. The SMILES string of the molecule is CC(C)=CC/C=C(/C)[C@@H]1CC[C@@]2(C)CC=C(C)CCC12. The molecule has 0 aromatic heterocycles. The minimum Gasteiger partial charge on any atom is -0.0851 e. The molecule has 1 fully saturated rings. The fourth-order valence-electron chi connectivity index (χ4n) is 4.23. The highest BCUT2D eigenvalue weighted by molar-refractivity contribution is 5.16. The number of hydrogen-bond acceptors (Lipinski definition) is 0. The topological polar surface area (TPSA) is 0 Å². The molecule has 0 aromatic rings. The zero-order valence-corrected chi connectivity index (χ0v) is 14.1. The first kappa shape index (κ1) is 15.6. The third-order valence-electron chi connectivity index (χ3n) is 5.72. The second-order valence-electron chi connectivity index (χ2n) is 7.66. The van der Waals surface area contributed by atoms with Crippen molar-refractivity contribution in [2.24, 2.45) is 17.3 Å². The fourth-order valence-corrected chi connectivity index (χ4v) is 4.23. The Kier molecular flexibility index (Phi) is 4.94. The van der Waals surface area contributed by atoms with Crippen LogP contribution in [-0.4, -0.2) is 0 Å². The molecule has 0 aliphatic heterocycles. The van der Waals surface area contributed by atoms with Crippen molar-refractivity contribution in [3.8, 4) is 0 Å². The molecule has 2 aliphatic rings. The van der Waals surface area contributed by atoms with Crippen LogP contribution in [0.15, 0.2) is 34.9 Å². The molecule has 0 bridgehead atoms. The summed E-state index contributed by atoms with van der Waals surface area (Å²) in [6, 6.07) is 0. The lowest BCUT2D eigenvalue weighted by molar-refractivity contribution is 0.201. The van der Waals surface area contributed by atoms with Crippen molar-refractivity contribution < 1.29 is 0 Å². The van der Waals surface area contributed by atoms with E-state index in [1.54, 1.807) is 11.1 Å². The Morgan fingerprint density at radius 1 is 1.25 bits per heavy atom. The van der Waals surface area contributed by atoms with E-state index in [0.717, 1.165) is 18.3 Å². The highest BCUT2D eigenvalue weighted by atomic mass is 14.5. The third-order valence-corrected chi connectivity index (χ3v) is 5.72. The highest BCUT2D eigenvalue weighted by Gasteiger charge is 2.44. The average molecular weight is 272 g/mol. The first-order valence-corrected chi connectivity index (χ1v) is 8.38. The van der Waals surface area contributed by atoms with Gasteiger partial charge < -0.3 is 0 Å². The fraction of sp³-hybridized carbons (Fsp3) is 0.700. The van der Waals surface area contributed by atoms with E-state index in [9.17, 15) is 0 Å². The molecule has 20 heavy (non-hydrogen) atoms. The van der Waals surface area contributed by atoms with Crippen LogP contribution >= 0.6 is 0 Å². The lowest BCUT2D eigenvalue weighted by Gasteiger charge is -2.33. The Bertz CT molecular complexity index is 431. The van der Waals surface area contributed by atoms with Crippen LogP contribution in [0.25, 0.3) is 0 Å². The van der Waals surface area contributed by atoms with Gasteiger partial charge in [-0.25, -0.2) is 0 Å². The lowest BCUT2D eigenvalue weighted by atomic mass is 9.72. The van der Waals surface area contributed by atoms with E-state index < -0.39 is 0 Å². The van der Waals surface area contributed by atoms with Crippen molar-refractivity contribution in [1.29, 1.82) is 0 Å². The first-order chi connectivity index (χ1) is 9.42. The summed E-state index contributed by atoms with van der Waals surface area (Å²) in [5.74, 6) is 1.74. The highest BCUT2D eigenvalue weighted by Crippen LogP contribution is 2.55. The summed E-state index contributed by atoms with van der Waals surface area (Å²) < 4.78 is 0. The molecular formula is C20H32. The monoisotopic (exact) mass is 272 g/mol. The van der Waals surface area contributed by atoms with E-state index in [4.69, 9.17) is 0 Å². The number of fused-ring (bicyclic) bond motifs is 1. The van der Waals surface area contributed by atoms with Gasteiger partial charge in [0.25, 0.3) is 0 Å². The van der Waals surface area contributed by atoms with E-state index in [2.05, 4.69) is 52.8 Å². The Morgan fingerprint density at radius 2 is 2.00 bits per heavy atom. The van der Waals surface area contributed by atoms with Gasteiger partial charge in [0.05, 0.1) is 0 Å². The normalized spacial score (nSPS) is 34.2.